The molecule has 1 saturated heterocycles. The fourth-order valence-corrected chi connectivity index (χ4v) is 3.77. The van der Waals surface area contributed by atoms with Crippen LogP contribution in [0.3, 0.4) is 0 Å². The standard InChI is InChI=1S/C21H23F3N4O6/c22-21(23,24)20(33)34-16-12(26-10-4-2-1-3-9-25)6-5-11-15(16)19(32)28(18(11)31)13-7-8-14(29)27-17(13)30/h5-6,13,26H,1-4,7-10,25H2,(H,27,29,30). The van der Waals surface area contributed by atoms with Crippen LogP contribution in [0.2, 0.25) is 0 Å². The van der Waals surface area contributed by atoms with E-state index in [0.29, 0.717) is 24.4 Å². The number of nitrogens with two attached hydrogens (primary N) is 1. The summed E-state index contributed by atoms with van der Waals surface area (Å²) < 4.78 is 43.3. The van der Waals surface area contributed by atoms with E-state index in [1.165, 1.54) is 12.1 Å². The average molecular weight is 484 g/mol. The molecule has 2 heterocycles. The second-order valence-corrected chi connectivity index (χ2v) is 7.83. The maximum absolute atomic E-state index is 13.1. The van der Waals surface area contributed by atoms with Crippen LogP contribution < -0.4 is 21.1 Å². The Balaban J connectivity index is 1.92. The summed E-state index contributed by atoms with van der Waals surface area (Å²) in [5.74, 6) is -6.79. The van der Waals surface area contributed by atoms with Crippen molar-refractivity contribution in [3.63, 3.8) is 0 Å². The Bertz CT molecular complexity index is 1030. The summed E-state index contributed by atoms with van der Waals surface area (Å²) in [5, 5.41) is 4.86. The van der Waals surface area contributed by atoms with E-state index in [1.807, 2.05) is 5.32 Å². The molecule has 0 spiro atoms. The molecule has 1 fully saturated rings. The van der Waals surface area contributed by atoms with Gasteiger partial charge in [-0.2, -0.15) is 13.2 Å². The average Bonchev–Trinajstić information content (AvgIpc) is 3.01. The molecule has 0 bridgehead atoms. The van der Waals surface area contributed by atoms with Gasteiger partial charge < -0.3 is 15.8 Å². The Morgan fingerprint density at radius 3 is 2.47 bits per heavy atom. The van der Waals surface area contributed by atoms with Gasteiger partial charge in [0.15, 0.2) is 5.75 Å². The lowest BCUT2D eigenvalue weighted by Crippen LogP contribution is -2.54. The third-order valence-corrected chi connectivity index (χ3v) is 5.43. The molecule has 4 amide bonds. The van der Waals surface area contributed by atoms with Gasteiger partial charge in [0.05, 0.1) is 16.8 Å². The molecule has 2 aliphatic rings. The molecule has 1 aromatic carbocycles. The van der Waals surface area contributed by atoms with Crippen molar-refractivity contribution in [2.75, 3.05) is 18.4 Å². The molecule has 0 aliphatic carbocycles. The van der Waals surface area contributed by atoms with Crippen LogP contribution in [0.15, 0.2) is 12.1 Å². The minimum absolute atomic E-state index is 0.0820. The third-order valence-electron chi connectivity index (χ3n) is 5.43. The maximum atomic E-state index is 13.1. The molecule has 2 aliphatic heterocycles. The lowest BCUT2D eigenvalue weighted by molar-refractivity contribution is -0.189. The monoisotopic (exact) mass is 484 g/mol. The Morgan fingerprint density at radius 2 is 1.82 bits per heavy atom. The normalized spacial score (nSPS) is 18.1. The molecule has 1 unspecified atom stereocenters. The smallest absolute Gasteiger partial charge is 0.417 e. The van der Waals surface area contributed by atoms with Crippen LogP contribution in [0.25, 0.3) is 0 Å². The van der Waals surface area contributed by atoms with E-state index in [1.54, 1.807) is 0 Å². The van der Waals surface area contributed by atoms with Gasteiger partial charge in [0.2, 0.25) is 11.8 Å². The topological polar surface area (TPSA) is 148 Å². The highest BCUT2D eigenvalue weighted by atomic mass is 19.4. The van der Waals surface area contributed by atoms with E-state index in [9.17, 15) is 37.1 Å². The highest BCUT2D eigenvalue weighted by Crippen LogP contribution is 2.39. The summed E-state index contributed by atoms with van der Waals surface area (Å²) in [6, 6.07) is 1.12. The van der Waals surface area contributed by atoms with Crippen molar-refractivity contribution < 1.29 is 41.9 Å². The lowest BCUT2D eigenvalue weighted by Gasteiger charge is -2.27. The molecule has 1 aromatic rings. The van der Waals surface area contributed by atoms with Crippen LogP contribution >= 0.6 is 0 Å². The first kappa shape index (κ1) is 25.1. The SMILES string of the molecule is NCCCCCCNc1ccc2c(c1OC(=O)C(F)(F)F)C(=O)N(C1CCC(=O)NC1=O)C2=O. The number of imide groups is 2. The number of fused-ring (bicyclic) bond motifs is 1. The molecule has 10 nitrogen and oxygen atoms in total. The molecule has 34 heavy (non-hydrogen) atoms. The molecule has 13 heteroatoms. The number of rotatable bonds is 9. The van der Waals surface area contributed by atoms with Crippen LogP contribution in [-0.2, 0) is 14.4 Å². The van der Waals surface area contributed by atoms with E-state index in [0.717, 1.165) is 19.3 Å². The van der Waals surface area contributed by atoms with Crippen molar-refractivity contribution in [1.29, 1.82) is 0 Å². The van der Waals surface area contributed by atoms with E-state index in [4.69, 9.17) is 5.73 Å². The number of nitrogens with one attached hydrogen (secondary N) is 2. The fourth-order valence-electron chi connectivity index (χ4n) is 3.77. The number of benzene rings is 1. The summed E-state index contributed by atoms with van der Waals surface area (Å²) in [5.41, 5.74) is 4.48. The van der Waals surface area contributed by atoms with Crippen LogP contribution in [0.5, 0.6) is 5.75 Å². The second kappa shape index (κ2) is 10.2. The summed E-state index contributed by atoms with van der Waals surface area (Å²) in [4.78, 5) is 61.8. The fraction of sp³-hybridized carbons (Fsp3) is 0.476. The number of hydrogen-bond acceptors (Lipinski definition) is 8. The molecule has 3 rings (SSSR count). The number of carbonyl (C=O) groups excluding carboxylic acids is 5. The van der Waals surface area contributed by atoms with Crippen molar-refractivity contribution in [1.82, 2.24) is 10.2 Å². The zero-order valence-electron chi connectivity index (χ0n) is 18.0. The molecule has 184 valence electrons. The molecule has 0 aromatic heterocycles. The number of halogens is 3. The van der Waals surface area contributed by atoms with E-state index in [2.05, 4.69) is 10.1 Å². The van der Waals surface area contributed by atoms with Crippen molar-refractivity contribution in [2.45, 2.75) is 50.7 Å². The van der Waals surface area contributed by atoms with Crippen molar-refractivity contribution in [2.24, 2.45) is 5.73 Å². The highest BCUT2D eigenvalue weighted by molar-refractivity contribution is 6.25. The number of amides is 4. The zero-order valence-corrected chi connectivity index (χ0v) is 18.0. The number of unbranched alkanes of at least 4 members (excludes halogenated alkanes) is 3. The summed E-state index contributed by atoms with van der Waals surface area (Å²) >= 11 is 0. The van der Waals surface area contributed by atoms with Gasteiger partial charge in [-0.25, -0.2) is 4.79 Å². The predicted molar refractivity (Wildman–Crippen MR) is 111 cm³/mol. The predicted octanol–water partition coefficient (Wildman–Crippen LogP) is 1.49. The van der Waals surface area contributed by atoms with Gasteiger partial charge in [0.1, 0.15) is 6.04 Å². The van der Waals surface area contributed by atoms with E-state index < -0.39 is 53.1 Å². The number of hydrogen-bond donors (Lipinski definition) is 3. The first-order valence-corrected chi connectivity index (χ1v) is 10.7. The summed E-state index contributed by atoms with van der Waals surface area (Å²) in [6.45, 7) is 0.828. The number of ether oxygens (including phenoxy) is 1. The Kier molecular flexibility index (Phi) is 7.54. The van der Waals surface area contributed by atoms with Crippen LogP contribution in [0, 0.1) is 0 Å². The quantitative estimate of drug-likeness (QED) is 0.207. The molecule has 0 saturated carbocycles. The molecular formula is C21H23F3N4O6. The van der Waals surface area contributed by atoms with Gasteiger partial charge >= 0.3 is 12.1 Å². The van der Waals surface area contributed by atoms with Crippen molar-refractivity contribution >= 4 is 35.3 Å². The Morgan fingerprint density at radius 1 is 1.12 bits per heavy atom. The van der Waals surface area contributed by atoms with Gasteiger partial charge in [0.25, 0.3) is 11.8 Å². The zero-order chi connectivity index (χ0) is 25.0. The lowest BCUT2D eigenvalue weighted by atomic mass is 10.0. The van der Waals surface area contributed by atoms with Crippen LogP contribution in [-0.4, -0.2) is 59.8 Å². The van der Waals surface area contributed by atoms with Gasteiger partial charge in [-0.15, -0.1) is 0 Å². The molecule has 1 atom stereocenters. The van der Waals surface area contributed by atoms with Gasteiger partial charge in [-0.1, -0.05) is 12.8 Å². The Hall–Kier alpha value is -3.48. The van der Waals surface area contributed by atoms with Crippen molar-refractivity contribution in [3.05, 3.63) is 23.3 Å². The van der Waals surface area contributed by atoms with E-state index in [-0.39, 0.29) is 24.1 Å². The van der Waals surface area contributed by atoms with Crippen LogP contribution in [0.1, 0.15) is 59.2 Å². The Labute approximate surface area is 192 Å². The summed E-state index contributed by atoms with van der Waals surface area (Å²) in [7, 11) is 0. The van der Waals surface area contributed by atoms with Gasteiger partial charge in [-0.05, 0) is 37.9 Å². The molecule has 4 N–H and O–H groups in total. The van der Waals surface area contributed by atoms with Gasteiger partial charge in [0, 0.05) is 13.0 Å². The largest absolute Gasteiger partial charge is 0.491 e. The number of piperidine rings is 1. The van der Waals surface area contributed by atoms with E-state index >= 15 is 0 Å². The second-order valence-electron chi connectivity index (χ2n) is 7.83. The highest BCUT2D eigenvalue weighted by Gasteiger charge is 2.48. The molecule has 0 radical (unpaired) electrons. The first-order valence-electron chi connectivity index (χ1n) is 10.7. The third kappa shape index (κ3) is 5.19. The number of anilines is 1. The first-order chi connectivity index (χ1) is 16.1. The number of alkyl halides is 3. The molecular weight excluding hydrogens is 461 g/mol. The number of nitrogens with zero attached hydrogens (tertiary/aromatic N) is 1. The maximum Gasteiger partial charge on any atom is 0.491 e. The van der Waals surface area contributed by atoms with Crippen molar-refractivity contribution in [3.8, 4) is 5.75 Å². The van der Waals surface area contributed by atoms with Crippen LogP contribution in [0.4, 0.5) is 18.9 Å². The number of carbonyl (C=O) groups is 5. The summed E-state index contributed by atoms with van der Waals surface area (Å²) in [6.07, 6.45) is -2.53. The number of esters is 1. The minimum Gasteiger partial charge on any atom is -0.417 e. The minimum atomic E-state index is -5.35. The van der Waals surface area contributed by atoms with Gasteiger partial charge in [-0.3, -0.25) is 29.4 Å².